The lowest BCUT2D eigenvalue weighted by atomic mass is 9.87. The van der Waals surface area contributed by atoms with Crippen molar-refractivity contribution in [2.75, 3.05) is 0 Å². The zero-order chi connectivity index (χ0) is 25.5. The fourth-order valence-corrected chi connectivity index (χ4v) is 5.87. The maximum atomic E-state index is 5.95. The summed E-state index contributed by atoms with van der Waals surface area (Å²) in [5, 5.41) is 0. The molecular weight excluding hydrogens is 412 g/mol. The molecule has 1 aliphatic carbocycles. The second-order valence-corrected chi connectivity index (χ2v) is 10.7. The lowest BCUT2D eigenvalue weighted by Gasteiger charge is -2.24. The molecule has 0 saturated heterocycles. The number of rotatable bonds is 4. The molecule has 34 heavy (non-hydrogen) atoms. The van der Waals surface area contributed by atoms with E-state index in [0.29, 0.717) is 5.92 Å². The Morgan fingerprint density at radius 2 is 1.35 bits per heavy atom. The van der Waals surface area contributed by atoms with E-state index in [1.165, 1.54) is 72.4 Å². The van der Waals surface area contributed by atoms with Gasteiger partial charge < -0.3 is 4.74 Å². The number of hydrogen-bond acceptors (Lipinski definition) is 1. The van der Waals surface area contributed by atoms with Crippen molar-refractivity contribution in [2.24, 2.45) is 5.92 Å². The summed E-state index contributed by atoms with van der Waals surface area (Å²) in [5.74, 6) is 2.53. The Morgan fingerprint density at radius 3 is 1.85 bits per heavy atom. The van der Waals surface area contributed by atoms with Crippen molar-refractivity contribution in [1.29, 1.82) is 0 Å². The van der Waals surface area contributed by atoms with Crippen molar-refractivity contribution in [2.45, 2.75) is 95.9 Å². The zero-order valence-electron chi connectivity index (χ0n) is 23.6. The van der Waals surface area contributed by atoms with E-state index in [2.05, 4.69) is 101 Å². The molecule has 0 amide bonds. The number of aryl methyl sites for hydroxylation is 2. The Labute approximate surface area is 208 Å². The van der Waals surface area contributed by atoms with Gasteiger partial charge in [-0.15, -0.1) is 0 Å². The van der Waals surface area contributed by atoms with E-state index in [1.807, 2.05) is 0 Å². The van der Waals surface area contributed by atoms with Gasteiger partial charge in [0.15, 0.2) is 0 Å². The highest BCUT2D eigenvalue weighted by Gasteiger charge is 2.24. The van der Waals surface area contributed by atoms with Gasteiger partial charge in [0, 0.05) is 0 Å². The first-order valence-corrected chi connectivity index (χ1v) is 12.8. The molecule has 2 aliphatic rings. The van der Waals surface area contributed by atoms with Gasteiger partial charge in [0.1, 0.15) is 11.5 Å². The summed E-state index contributed by atoms with van der Waals surface area (Å²) in [6, 6.07) is 2.32. The summed E-state index contributed by atoms with van der Waals surface area (Å²) in [6.45, 7) is 26.8. The minimum Gasteiger partial charge on any atom is -0.466 e. The molecule has 1 heterocycles. The first-order chi connectivity index (χ1) is 15.8. The van der Waals surface area contributed by atoms with E-state index < -0.39 is 0 Å². The van der Waals surface area contributed by atoms with Crippen molar-refractivity contribution < 1.29 is 4.74 Å². The quantitative estimate of drug-likeness (QED) is 0.438. The van der Waals surface area contributed by atoms with Gasteiger partial charge in [0.2, 0.25) is 0 Å². The Kier molecular flexibility index (Phi) is 7.65. The van der Waals surface area contributed by atoms with Gasteiger partial charge in [-0.05, 0) is 160 Å². The second-order valence-electron chi connectivity index (χ2n) is 10.7. The maximum absolute atomic E-state index is 5.95. The standard InChI is InChI=1S/C33H44O/c1-18(2)31-29(16-21(5)32-23(7)19(3)15-20(4)24(32)8)13-14-30(31)17-22(6)33-25(9)27(11)34-28(12)26(33)10/h15-18H,13-14H2,1-12H3/b21-16+,30-17+. The molecule has 3 rings (SSSR count). The van der Waals surface area contributed by atoms with Crippen molar-refractivity contribution in [3.05, 3.63) is 96.6 Å². The van der Waals surface area contributed by atoms with Gasteiger partial charge in [-0.2, -0.15) is 0 Å². The van der Waals surface area contributed by atoms with Crippen molar-refractivity contribution in [1.82, 2.24) is 0 Å². The minimum absolute atomic E-state index is 0.499. The lowest BCUT2D eigenvalue weighted by Crippen LogP contribution is -2.07. The molecule has 0 aromatic heterocycles. The Bertz CT molecular complexity index is 1160. The second kappa shape index (κ2) is 9.98. The average molecular weight is 457 g/mol. The fourth-order valence-electron chi connectivity index (χ4n) is 5.87. The van der Waals surface area contributed by atoms with Crippen LogP contribution in [-0.2, 0) is 4.74 Å². The molecule has 0 fully saturated rings. The zero-order valence-corrected chi connectivity index (χ0v) is 23.6. The highest BCUT2D eigenvalue weighted by atomic mass is 16.5. The molecule has 1 heteroatoms. The normalized spacial score (nSPS) is 18.7. The Balaban J connectivity index is 2.14. The Morgan fingerprint density at radius 1 is 0.824 bits per heavy atom. The highest BCUT2D eigenvalue weighted by molar-refractivity contribution is 5.74. The van der Waals surface area contributed by atoms with Crippen molar-refractivity contribution >= 4 is 5.57 Å². The van der Waals surface area contributed by atoms with Crippen LogP contribution < -0.4 is 0 Å². The van der Waals surface area contributed by atoms with Gasteiger partial charge in [-0.1, -0.05) is 32.1 Å². The van der Waals surface area contributed by atoms with Crippen LogP contribution in [0, 0.1) is 33.6 Å². The predicted octanol–water partition coefficient (Wildman–Crippen LogP) is 9.93. The molecule has 1 nitrogen and oxygen atoms in total. The molecule has 0 saturated carbocycles. The summed E-state index contributed by atoms with van der Waals surface area (Å²) in [5.41, 5.74) is 18.1. The number of allylic oxidation sites excluding steroid dienone is 12. The lowest BCUT2D eigenvalue weighted by molar-refractivity contribution is 0.295. The highest BCUT2D eigenvalue weighted by Crippen LogP contribution is 2.41. The van der Waals surface area contributed by atoms with Crippen LogP contribution in [0.1, 0.15) is 96.0 Å². The summed E-state index contributed by atoms with van der Waals surface area (Å²) >= 11 is 0. The third-order valence-electron chi connectivity index (χ3n) is 7.98. The van der Waals surface area contributed by atoms with E-state index in [4.69, 9.17) is 4.74 Å². The molecule has 1 aromatic rings. The number of benzene rings is 1. The summed E-state index contributed by atoms with van der Waals surface area (Å²) < 4.78 is 5.95. The molecule has 0 spiro atoms. The molecule has 0 radical (unpaired) electrons. The molecule has 0 atom stereocenters. The number of hydrogen-bond donors (Lipinski definition) is 0. The van der Waals surface area contributed by atoms with Crippen LogP contribution in [0.5, 0.6) is 0 Å². The van der Waals surface area contributed by atoms with Gasteiger partial charge in [-0.3, -0.25) is 0 Å². The SMILES string of the molecule is CC(/C=C1\CCC(/C=C(\C)c2c(C)c(C)cc(C)c2C)=C1C(C)C)=C1C(C)=C(C)OC(C)=C1C. The van der Waals surface area contributed by atoms with Crippen LogP contribution in [0.2, 0.25) is 0 Å². The molecule has 182 valence electrons. The third kappa shape index (κ3) is 4.81. The van der Waals surface area contributed by atoms with E-state index in [9.17, 15) is 0 Å². The minimum atomic E-state index is 0.499. The van der Waals surface area contributed by atoms with E-state index >= 15 is 0 Å². The number of ether oxygens (including phenoxy) is 1. The molecule has 1 aliphatic heterocycles. The summed E-state index contributed by atoms with van der Waals surface area (Å²) in [7, 11) is 0. The van der Waals surface area contributed by atoms with Gasteiger partial charge in [-0.25, -0.2) is 0 Å². The van der Waals surface area contributed by atoms with Crippen LogP contribution in [-0.4, -0.2) is 0 Å². The third-order valence-corrected chi connectivity index (χ3v) is 7.98. The van der Waals surface area contributed by atoms with Crippen molar-refractivity contribution in [3.63, 3.8) is 0 Å². The Hall–Kier alpha value is -2.54. The molecule has 1 aromatic carbocycles. The van der Waals surface area contributed by atoms with Crippen LogP contribution in [0.3, 0.4) is 0 Å². The smallest absolute Gasteiger partial charge is 0.104 e. The molecule has 0 bridgehead atoms. The van der Waals surface area contributed by atoms with Crippen LogP contribution in [0.25, 0.3) is 5.57 Å². The van der Waals surface area contributed by atoms with Crippen LogP contribution >= 0.6 is 0 Å². The average Bonchev–Trinajstić information content (AvgIpc) is 3.13. The van der Waals surface area contributed by atoms with E-state index in [1.54, 1.807) is 0 Å². The monoisotopic (exact) mass is 456 g/mol. The van der Waals surface area contributed by atoms with E-state index in [-0.39, 0.29) is 0 Å². The van der Waals surface area contributed by atoms with Gasteiger partial charge in [0.05, 0.1) is 0 Å². The predicted molar refractivity (Wildman–Crippen MR) is 149 cm³/mol. The summed E-state index contributed by atoms with van der Waals surface area (Å²) in [6.07, 6.45) is 7.16. The molecule has 0 N–H and O–H groups in total. The molecule has 0 unspecified atom stereocenters. The van der Waals surface area contributed by atoms with Crippen LogP contribution in [0.15, 0.2) is 68.7 Å². The van der Waals surface area contributed by atoms with E-state index in [0.717, 1.165) is 24.4 Å². The largest absolute Gasteiger partial charge is 0.466 e. The van der Waals surface area contributed by atoms with Gasteiger partial charge >= 0.3 is 0 Å². The first kappa shape index (κ1) is 26.1. The fraction of sp³-hybridized carbons (Fsp3) is 0.455. The van der Waals surface area contributed by atoms with Crippen molar-refractivity contribution in [3.8, 4) is 0 Å². The first-order valence-electron chi connectivity index (χ1n) is 12.8. The summed E-state index contributed by atoms with van der Waals surface area (Å²) in [4.78, 5) is 0. The maximum Gasteiger partial charge on any atom is 0.104 e. The molecular formula is C33H44O. The topological polar surface area (TPSA) is 9.23 Å². The van der Waals surface area contributed by atoms with Gasteiger partial charge in [0.25, 0.3) is 0 Å². The van der Waals surface area contributed by atoms with Crippen LogP contribution in [0.4, 0.5) is 0 Å².